The lowest BCUT2D eigenvalue weighted by atomic mass is 10.4. The Balaban J connectivity index is 1.98. The summed E-state index contributed by atoms with van der Waals surface area (Å²) in [7, 11) is 1.87. The maximum Gasteiger partial charge on any atom is 0.242 e. The second-order valence-corrected chi connectivity index (χ2v) is 5.40. The van der Waals surface area contributed by atoms with Gasteiger partial charge in [0.1, 0.15) is 12.1 Å². The molecule has 0 aliphatic carbocycles. The largest absolute Gasteiger partial charge is 0.341 e. The maximum absolute atomic E-state index is 12.2. The van der Waals surface area contributed by atoms with Crippen molar-refractivity contribution in [2.24, 2.45) is 7.05 Å². The van der Waals surface area contributed by atoms with Crippen LogP contribution < -0.4 is 0 Å². The smallest absolute Gasteiger partial charge is 0.242 e. The molecular weight excluding hydrogens is 262 g/mol. The molecule has 7 heteroatoms. The van der Waals surface area contributed by atoms with Gasteiger partial charge < -0.3 is 9.88 Å². The average molecular weight is 279 g/mol. The van der Waals surface area contributed by atoms with Crippen LogP contribution in [-0.2, 0) is 18.4 Å². The summed E-state index contributed by atoms with van der Waals surface area (Å²) in [4.78, 5) is 17.3. The summed E-state index contributed by atoms with van der Waals surface area (Å²) in [6, 6.07) is 0. The fourth-order valence-electron chi connectivity index (χ4n) is 2.72. The number of fused-ring (bicyclic) bond motifs is 1. The van der Waals surface area contributed by atoms with E-state index in [2.05, 4.69) is 10.1 Å². The van der Waals surface area contributed by atoms with Crippen LogP contribution in [0.25, 0.3) is 11.2 Å². The molecule has 0 bridgehead atoms. The van der Waals surface area contributed by atoms with Crippen molar-refractivity contribution in [3.05, 3.63) is 10.5 Å². The number of H-pyrrole nitrogens is 1. The van der Waals surface area contributed by atoms with Crippen LogP contribution in [0.2, 0.25) is 0 Å². The van der Waals surface area contributed by atoms with E-state index >= 15 is 0 Å². The van der Waals surface area contributed by atoms with E-state index in [1.165, 1.54) is 0 Å². The number of carbonyl (C=O) groups is 1. The number of hydrogen-bond donors (Lipinski definition) is 1. The molecule has 1 aliphatic heterocycles. The van der Waals surface area contributed by atoms with Crippen LogP contribution in [-0.4, -0.2) is 43.2 Å². The summed E-state index contributed by atoms with van der Waals surface area (Å²) in [5.41, 5.74) is 2.70. The molecule has 1 N–H and O–H groups in total. The number of nitrogens with one attached hydrogen (secondary N) is 1. The second kappa shape index (κ2) is 4.48. The zero-order chi connectivity index (χ0) is 13.6. The molecule has 0 spiro atoms. The van der Waals surface area contributed by atoms with Gasteiger partial charge in [0, 0.05) is 20.1 Å². The highest BCUT2D eigenvalue weighted by atomic mass is 32.1. The Morgan fingerprint density at radius 3 is 2.79 bits per heavy atom. The Morgan fingerprint density at radius 2 is 2.11 bits per heavy atom. The zero-order valence-electron chi connectivity index (χ0n) is 11.1. The average Bonchev–Trinajstić information content (AvgIpc) is 3.02. The van der Waals surface area contributed by atoms with Crippen LogP contribution in [0, 0.1) is 11.7 Å². The number of aryl methyl sites for hydroxylation is 2. The molecule has 0 radical (unpaired) electrons. The van der Waals surface area contributed by atoms with Gasteiger partial charge in [-0.1, -0.05) is 0 Å². The number of imidazole rings is 1. The summed E-state index contributed by atoms with van der Waals surface area (Å²) in [6.45, 7) is 3.95. The number of likely N-dealkylation sites (tertiary alicyclic amines) is 1. The first kappa shape index (κ1) is 12.4. The molecule has 1 saturated heterocycles. The fraction of sp³-hybridized carbons (Fsp3) is 0.583. The van der Waals surface area contributed by atoms with Crippen LogP contribution in [0.15, 0.2) is 0 Å². The molecule has 19 heavy (non-hydrogen) atoms. The van der Waals surface area contributed by atoms with E-state index < -0.39 is 0 Å². The number of nitrogens with zero attached hydrogens (tertiary/aromatic N) is 4. The Kier molecular flexibility index (Phi) is 2.93. The lowest BCUT2D eigenvalue weighted by molar-refractivity contribution is -0.130. The van der Waals surface area contributed by atoms with Crippen molar-refractivity contribution in [1.29, 1.82) is 0 Å². The lowest BCUT2D eigenvalue weighted by Gasteiger charge is -2.15. The third kappa shape index (κ3) is 1.98. The number of rotatable bonds is 2. The molecule has 1 fully saturated rings. The van der Waals surface area contributed by atoms with Gasteiger partial charge in [-0.05, 0) is 32.0 Å². The number of carbonyl (C=O) groups excluding carboxylic acids is 1. The van der Waals surface area contributed by atoms with E-state index in [1.807, 2.05) is 23.4 Å². The molecule has 0 unspecified atom stereocenters. The Morgan fingerprint density at radius 1 is 1.42 bits per heavy atom. The fourth-order valence-corrected chi connectivity index (χ4v) is 2.97. The molecule has 3 rings (SSSR count). The van der Waals surface area contributed by atoms with Crippen LogP contribution >= 0.6 is 12.2 Å². The SMILES string of the molecule is Cc1nn(C)c2c1[nH]c(=S)n2CC(=O)N1CCCC1. The Bertz CT molecular complexity index is 689. The predicted molar refractivity (Wildman–Crippen MR) is 74.4 cm³/mol. The van der Waals surface area contributed by atoms with Gasteiger partial charge >= 0.3 is 0 Å². The van der Waals surface area contributed by atoms with Crippen molar-refractivity contribution in [3.8, 4) is 0 Å². The molecule has 0 atom stereocenters. The molecule has 3 heterocycles. The molecule has 0 saturated carbocycles. The predicted octanol–water partition coefficient (Wildman–Crippen LogP) is 1.36. The van der Waals surface area contributed by atoms with E-state index in [1.54, 1.807) is 4.68 Å². The third-order valence-corrected chi connectivity index (χ3v) is 4.00. The summed E-state index contributed by atoms with van der Waals surface area (Å²) in [6.07, 6.45) is 2.20. The van der Waals surface area contributed by atoms with E-state index in [4.69, 9.17) is 12.2 Å². The number of hydrogen-bond acceptors (Lipinski definition) is 3. The van der Waals surface area contributed by atoms with Gasteiger partial charge in [-0.3, -0.25) is 14.0 Å². The summed E-state index contributed by atoms with van der Waals surface area (Å²) in [5.74, 6) is 0.133. The van der Waals surface area contributed by atoms with Crippen LogP contribution in [0.5, 0.6) is 0 Å². The maximum atomic E-state index is 12.2. The molecule has 0 aromatic carbocycles. The minimum absolute atomic E-state index is 0.133. The van der Waals surface area contributed by atoms with Crippen LogP contribution in [0.4, 0.5) is 0 Å². The van der Waals surface area contributed by atoms with Crippen molar-refractivity contribution >= 4 is 29.3 Å². The molecular formula is C12H17N5OS. The van der Waals surface area contributed by atoms with Crippen molar-refractivity contribution in [2.75, 3.05) is 13.1 Å². The Hall–Kier alpha value is -1.63. The highest BCUT2D eigenvalue weighted by Crippen LogP contribution is 2.17. The van der Waals surface area contributed by atoms with Gasteiger partial charge in [0.25, 0.3) is 0 Å². The van der Waals surface area contributed by atoms with Crippen molar-refractivity contribution in [2.45, 2.75) is 26.3 Å². The zero-order valence-corrected chi connectivity index (χ0v) is 12.0. The number of aromatic nitrogens is 4. The minimum Gasteiger partial charge on any atom is -0.341 e. The van der Waals surface area contributed by atoms with Crippen LogP contribution in [0.1, 0.15) is 18.5 Å². The van der Waals surface area contributed by atoms with Gasteiger partial charge in [-0.25, -0.2) is 0 Å². The lowest BCUT2D eigenvalue weighted by Crippen LogP contribution is -2.31. The number of amides is 1. The molecule has 1 aliphatic rings. The summed E-state index contributed by atoms with van der Waals surface area (Å²) >= 11 is 5.31. The first-order valence-corrected chi connectivity index (χ1v) is 6.88. The topological polar surface area (TPSA) is 58.9 Å². The van der Waals surface area contributed by atoms with Crippen molar-refractivity contribution in [3.63, 3.8) is 0 Å². The van der Waals surface area contributed by atoms with Gasteiger partial charge in [-0.15, -0.1) is 0 Å². The summed E-state index contributed by atoms with van der Waals surface area (Å²) in [5, 5.41) is 4.35. The van der Waals surface area contributed by atoms with Crippen molar-refractivity contribution < 1.29 is 4.79 Å². The van der Waals surface area contributed by atoms with Gasteiger partial charge in [0.15, 0.2) is 10.4 Å². The van der Waals surface area contributed by atoms with E-state index in [0.29, 0.717) is 4.77 Å². The standard InChI is InChI=1S/C12H17N5OS/c1-8-10-11(15(2)14-8)17(12(19)13-10)7-9(18)16-5-3-4-6-16/h3-7H2,1-2H3,(H,13,19). The quantitative estimate of drug-likeness (QED) is 0.845. The van der Waals surface area contributed by atoms with Crippen LogP contribution in [0.3, 0.4) is 0 Å². The van der Waals surface area contributed by atoms with Gasteiger partial charge in [0.2, 0.25) is 5.91 Å². The van der Waals surface area contributed by atoms with Crippen molar-refractivity contribution in [1.82, 2.24) is 24.2 Å². The second-order valence-electron chi connectivity index (χ2n) is 5.01. The van der Waals surface area contributed by atoms with Gasteiger partial charge in [0.05, 0.1) is 5.69 Å². The molecule has 2 aromatic heterocycles. The van der Waals surface area contributed by atoms with Gasteiger partial charge in [-0.2, -0.15) is 5.10 Å². The van der Waals surface area contributed by atoms with E-state index in [-0.39, 0.29) is 12.5 Å². The molecule has 6 nitrogen and oxygen atoms in total. The highest BCUT2D eigenvalue weighted by molar-refractivity contribution is 7.71. The molecule has 1 amide bonds. The first-order chi connectivity index (χ1) is 9.08. The number of aromatic amines is 1. The third-order valence-electron chi connectivity index (χ3n) is 3.68. The molecule has 102 valence electrons. The minimum atomic E-state index is 0.133. The molecule has 2 aromatic rings. The summed E-state index contributed by atoms with van der Waals surface area (Å²) < 4.78 is 4.19. The highest BCUT2D eigenvalue weighted by Gasteiger charge is 2.20. The van der Waals surface area contributed by atoms with E-state index in [0.717, 1.165) is 42.8 Å². The normalized spacial score (nSPS) is 15.6. The van der Waals surface area contributed by atoms with E-state index in [9.17, 15) is 4.79 Å². The monoisotopic (exact) mass is 279 g/mol. The first-order valence-electron chi connectivity index (χ1n) is 6.48. The Labute approximate surface area is 116 Å².